The molecule has 0 aliphatic carbocycles. The van der Waals surface area contributed by atoms with Crippen LogP contribution in [0.25, 0.3) is 0 Å². The normalized spacial score (nSPS) is 19.3. The molecule has 0 bridgehead atoms. The van der Waals surface area contributed by atoms with Gasteiger partial charge in [0.2, 0.25) is 0 Å². The van der Waals surface area contributed by atoms with Crippen molar-refractivity contribution in [2.75, 3.05) is 24.6 Å². The van der Waals surface area contributed by atoms with E-state index in [1.165, 1.54) is 0 Å². The second-order valence-electron chi connectivity index (χ2n) is 3.90. The van der Waals surface area contributed by atoms with Crippen molar-refractivity contribution in [1.29, 1.82) is 5.26 Å². The van der Waals surface area contributed by atoms with E-state index < -0.39 is 12.1 Å². The SMILES string of the molecule is N#CC1CN(c2cc(Br)ccc2C(=O)O)CCO1. The Morgan fingerprint density at radius 2 is 2.39 bits per heavy atom. The van der Waals surface area contributed by atoms with E-state index in [2.05, 4.69) is 15.9 Å². The molecule has 5 nitrogen and oxygen atoms in total. The molecule has 94 valence electrons. The summed E-state index contributed by atoms with van der Waals surface area (Å²) >= 11 is 3.33. The van der Waals surface area contributed by atoms with E-state index in [9.17, 15) is 9.90 Å². The Morgan fingerprint density at radius 3 is 3.06 bits per heavy atom. The molecular formula is C12H11BrN2O3. The van der Waals surface area contributed by atoms with Crippen LogP contribution in [-0.2, 0) is 4.74 Å². The van der Waals surface area contributed by atoms with Crippen LogP contribution < -0.4 is 4.90 Å². The second kappa shape index (κ2) is 5.38. The predicted octanol–water partition coefficient (Wildman–Crippen LogP) is 1.88. The van der Waals surface area contributed by atoms with E-state index in [1.807, 2.05) is 11.0 Å². The minimum absolute atomic E-state index is 0.233. The van der Waals surface area contributed by atoms with Crippen LogP contribution in [0.1, 0.15) is 10.4 Å². The molecule has 1 heterocycles. The third-order valence-corrected chi connectivity index (χ3v) is 3.23. The van der Waals surface area contributed by atoms with Crippen molar-refractivity contribution in [3.05, 3.63) is 28.2 Å². The van der Waals surface area contributed by atoms with Gasteiger partial charge in [-0.05, 0) is 18.2 Å². The number of carbonyl (C=O) groups is 1. The number of ether oxygens (including phenoxy) is 1. The number of rotatable bonds is 2. The maximum atomic E-state index is 11.2. The average molecular weight is 311 g/mol. The Morgan fingerprint density at radius 1 is 1.61 bits per heavy atom. The topological polar surface area (TPSA) is 73.6 Å². The fourth-order valence-corrected chi connectivity index (χ4v) is 2.24. The van der Waals surface area contributed by atoms with Crippen molar-refractivity contribution >= 4 is 27.6 Å². The highest BCUT2D eigenvalue weighted by molar-refractivity contribution is 9.10. The van der Waals surface area contributed by atoms with Crippen LogP contribution in [0, 0.1) is 11.3 Å². The summed E-state index contributed by atoms with van der Waals surface area (Å²) in [5.41, 5.74) is 0.845. The Hall–Kier alpha value is -1.58. The van der Waals surface area contributed by atoms with Crippen LogP contribution >= 0.6 is 15.9 Å². The molecule has 1 aliphatic rings. The molecule has 0 saturated carbocycles. The Kier molecular flexibility index (Phi) is 3.84. The van der Waals surface area contributed by atoms with Crippen molar-refractivity contribution in [2.24, 2.45) is 0 Å². The smallest absolute Gasteiger partial charge is 0.337 e. The predicted molar refractivity (Wildman–Crippen MR) is 68.7 cm³/mol. The Bertz CT molecular complexity index is 513. The molecule has 1 aromatic rings. The molecule has 1 aromatic carbocycles. The minimum Gasteiger partial charge on any atom is -0.478 e. The minimum atomic E-state index is -0.975. The van der Waals surface area contributed by atoms with E-state index in [0.717, 1.165) is 4.47 Å². The number of aromatic carboxylic acids is 1. The van der Waals surface area contributed by atoms with Gasteiger partial charge in [0.1, 0.15) is 0 Å². The van der Waals surface area contributed by atoms with E-state index in [4.69, 9.17) is 10.00 Å². The summed E-state index contributed by atoms with van der Waals surface area (Å²) in [5.74, 6) is -0.975. The molecule has 1 N–H and O–H groups in total. The summed E-state index contributed by atoms with van der Waals surface area (Å²) in [5, 5.41) is 18.0. The van der Waals surface area contributed by atoms with Gasteiger partial charge in [-0.2, -0.15) is 5.26 Å². The molecular weight excluding hydrogens is 300 g/mol. The highest BCUT2D eigenvalue weighted by atomic mass is 79.9. The van der Waals surface area contributed by atoms with Crippen LogP contribution in [0.3, 0.4) is 0 Å². The van der Waals surface area contributed by atoms with Crippen LogP contribution in [0.4, 0.5) is 5.69 Å². The van der Waals surface area contributed by atoms with Gasteiger partial charge in [-0.25, -0.2) is 4.79 Å². The molecule has 18 heavy (non-hydrogen) atoms. The van der Waals surface area contributed by atoms with Crippen LogP contribution in [0.5, 0.6) is 0 Å². The van der Waals surface area contributed by atoms with Gasteiger partial charge in [0.15, 0.2) is 6.10 Å². The molecule has 1 saturated heterocycles. The van der Waals surface area contributed by atoms with Crippen LogP contribution in [-0.4, -0.2) is 36.9 Å². The van der Waals surface area contributed by atoms with Crippen LogP contribution in [0.15, 0.2) is 22.7 Å². The first kappa shape index (κ1) is 12.9. The number of carboxylic acid groups (broad SMARTS) is 1. The summed E-state index contributed by atoms with van der Waals surface area (Å²) in [6.07, 6.45) is -0.514. The fraction of sp³-hybridized carbons (Fsp3) is 0.333. The van der Waals surface area contributed by atoms with Gasteiger partial charge in [0, 0.05) is 11.0 Å². The quantitative estimate of drug-likeness (QED) is 0.902. The molecule has 0 spiro atoms. The van der Waals surface area contributed by atoms with Crippen molar-refractivity contribution < 1.29 is 14.6 Å². The van der Waals surface area contributed by atoms with E-state index >= 15 is 0 Å². The first-order chi connectivity index (χ1) is 8.61. The summed E-state index contributed by atoms with van der Waals surface area (Å²) in [6, 6.07) is 7.04. The molecule has 1 atom stereocenters. The van der Waals surface area contributed by atoms with Crippen molar-refractivity contribution in [1.82, 2.24) is 0 Å². The molecule has 0 amide bonds. The van der Waals surface area contributed by atoms with Gasteiger partial charge in [0.25, 0.3) is 0 Å². The number of carboxylic acids is 1. The Balaban J connectivity index is 2.34. The maximum Gasteiger partial charge on any atom is 0.337 e. The third-order valence-electron chi connectivity index (χ3n) is 2.74. The molecule has 0 radical (unpaired) electrons. The highest BCUT2D eigenvalue weighted by Gasteiger charge is 2.23. The van der Waals surface area contributed by atoms with Crippen molar-refractivity contribution in [3.8, 4) is 6.07 Å². The van der Waals surface area contributed by atoms with E-state index in [1.54, 1.807) is 18.2 Å². The lowest BCUT2D eigenvalue weighted by Crippen LogP contribution is -2.42. The lowest BCUT2D eigenvalue weighted by Gasteiger charge is -2.32. The van der Waals surface area contributed by atoms with Gasteiger partial charge >= 0.3 is 5.97 Å². The molecule has 1 aliphatic heterocycles. The first-order valence-electron chi connectivity index (χ1n) is 5.41. The maximum absolute atomic E-state index is 11.2. The van der Waals surface area contributed by atoms with Gasteiger partial charge < -0.3 is 14.7 Å². The zero-order valence-corrected chi connectivity index (χ0v) is 11.1. The zero-order chi connectivity index (χ0) is 13.1. The standard InChI is InChI=1S/C12H11BrN2O3/c13-8-1-2-10(12(16)17)11(5-8)15-3-4-18-9(6-14)7-15/h1-2,5,9H,3-4,7H2,(H,16,17). The number of morpholine rings is 1. The molecule has 6 heteroatoms. The van der Waals surface area contributed by atoms with Crippen LogP contribution in [0.2, 0.25) is 0 Å². The van der Waals surface area contributed by atoms with Crippen molar-refractivity contribution in [3.63, 3.8) is 0 Å². The third kappa shape index (κ3) is 2.63. The van der Waals surface area contributed by atoms with Crippen molar-refractivity contribution in [2.45, 2.75) is 6.10 Å². The second-order valence-corrected chi connectivity index (χ2v) is 4.82. The van der Waals surface area contributed by atoms with Gasteiger partial charge in [-0.3, -0.25) is 0 Å². The van der Waals surface area contributed by atoms with Gasteiger partial charge in [0.05, 0.1) is 30.5 Å². The van der Waals surface area contributed by atoms with Gasteiger partial charge in [-0.1, -0.05) is 15.9 Å². The summed E-state index contributed by atoms with van der Waals surface area (Å²) in [4.78, 5) is 13.1. The molecule has 1 unspecified atom stereocenters. The monoisotopic (exact) mass is 310 g/mol. The number of nitrogens with zero attached hydrogens (tertiary/aromatic N) is 2. The number of anilines is 1. The molecule has 1 fully saturated rings. The highest BCUT2D eigenvalue weighted by Crippen LogP contribution is 2.26. The van der Waals surface area contributed by atoms with E-state index in [0.29, 0.717) is 25.4 Å². The number of hydrogen-bond acceptors (Lipinski definition) is 4. The van der Waals surface area contributed by atoms with Gasteiger partial charge in [-0.15, -0.1) is 0 Å². The fourth-order valence-electron chi connectivity index (χ4n) is 1.89. The largest absolute Gasteiger partial charge is 0.478 e. The summed E-state index contributed by atoms with van der Waals surface area (Å²) in [7, 11) is 0. The summed E-state index contributed by atoms with van der Waals surface area (Å²) < 4.78 is 6.06. The van der Waals surface area contributed by atoms with E-state index in [-0.39, 0.29) is 5.56 Å². The molecule has 0 aromatic heterocycles. The number of nitriles is 1. The Labute approximate surface area is 113 Å². The number of benzene rings is 1. The number of halogens is 1. The lowest BCUT2D eigenvalue weighted by atomic mass is 10.1. The molecule has 2 rings (SSSR count). The first-order valence-corrected chi connectivity index (χ1v) is 6.20. The number of hydrogen-bond donors (Lipinski definition) is 1. The lowest BCUT2D eigenvalue weighted by molar-refractivity contribution is 0.0688. The summed E-state index contributed by atoms with van der Waals surface area (Å²) in [6.45, 7) is 1.38. The average Bonchev–Trinajstić information content (AvgIpc) is 2.38. The zero-order valence-electron chi connectivity index (χ0n) is 9.47.